The van der Waals surface area contributed by atoms with Crippen molar-refractivity contribution < 1.29 is 54.8 Å². The SMILES string of the molecule is CC(=O)c1c(C)c(O)c2cc(C(=O)O)cc(O[C@@H]3O[C@H](C4(O)CCCC4)[C@@H](O)[C@H](O)[C@H]3O)c2c1O. The van der Waals surface area contributed by atoms with Crippen molar-refractivity contribution in [3.8, 4) is 17.2 Å². The molecule has 11 heteroatoms. The summed E-state index contributed by atoms with van der Waals surface area (Å²) in [4.78, 5) is 23.9. The second-order valence-electron chi connectivity index (χ2n) is 9.28. The highest BCUT2D eigenvalue weighted by atomic mass is 16.7. The fraction of sp³-hybridized carbons (Fsp3) is 0.500. The first-order valence-electron chi connectivity index (χ1n) is 11.2. The van der Waals surface area contributed by atoms with E-state index in [1.54, 1.807) is 0 Å². The van der Waals surface area contributed by atoms with Crippen LogP contribution in [0.1, 0.15) is 58.9 Å². The molecule has 1 heterocycles. The highest BCUT2D eigenvalue weighted by Crippen LogP contribution is 2.46. The van der Waals surface area contributed by atoms with Gasteiger partial charge in [0, 0.05) is 10.9 Å². The minimum absolute atomic E-state index is 0.0343. The number of Topliss-reactive ketones (excluding diaryl/α,β-unsaturated/α-hetero) is 1. The Labute approximate surface area is 199 Å². The molecule has 4 rings (SSSR count). The number of carboxylic acids is 1. The summed E-state index contributed by atoms with van der Waals surface area (Å²) in [5, 5.41) is 73.2. The van der Waals surface area contributed by atoms with Crippen LogP contribution in [0.15, 0.2) is 12.1 Å². The fourth-order valence-electron chi connectivity index (χ4n) is 5.10. The van der Waals surface area contributed by atoms with Gasteiger partial charge >= 0.3 is 5.97 Å². The number of phenolic OH excluding ortho intramolecular Hbond substituents is 2. The van der Waals surface area contributed by atoms with Crippen LogP contribution in [0, 0.1) is 6.92 Å². The summed E-state index contributed by atoms with van der Waals surface area (Å²) < 4.78 is 11.4. The molecule has 11 nitrogen and oxygen atoms in total. The van der Waals surface area contributed by atoms with Crippen molar-refractivity contribution in [3.05, 3.63) is 28.8 Å². The largest absolute Gasteiger partial charge is 0.507 e. The second kappa shape index (κ2) is 8.92. The first-order chi connectivity index (χ1) is 16.4. The number of ketones is 1. The zero-order valence-electron chi connectivity index (χ0n) is 19.1. The number of benzene rings is 2. The molecule has 2 aromatic carbocycles. The van der Waals surface area contributed by atoms with Crippen LogP contribution in [0.2, 0.25) is 0 Å². The summed E-state index contributed by atoms with van der Waals surface area (Å²) in [5.41, 5.74) is -1.99. The molecule has 0 unspecified atom stereocenters. The van der Waals surface area contributed by atoms with Crippen molar-refractivity contribution in [2.24, 2.45) is 0 Å². The number of hydrogen-bond acceptors (Lipinski definition) is 10. The third-order valence-corrected chi connectivity index (χ3v) is 6.97. The van der Waals surface area contributed by atoms with Gasteiger partial charge in [-0.15, -0.1) is 0 Å². The van der Waals surface area contributed by atoms with Crippen LogP contribution in [-0.4, -0.2) is 83.8 Å². The Bertz CT molecular complexity index is 1180. The first kappa shape index (κ1) is 25.1. The lowest BCUT2D eigenvalue weighted by Gasteiger charge is -2.45. The zero-order chi connectivity index (χ0) is 25.8. The molecule has 7 N–H and O–H groups in total. The number of rotatable bonds is 5. The summed E-state index contributed by atoms with van der Waals surface area (Å²) in [6.45, 7) is 2.57. The van der Waals surface area contributed by atoms with E-state index in [1.807, 2.05) is 0 Å². The Hall–Kier alpha value is -2.96. The van der Waals surface area contributed by atoms with Gasteiger partial charge in [0.15, 0.2) is 5.78 Å². The Morgan fingerprint density at radius 1 is 1.03 bits per heavy atom. The van der Waals surface area contributed by atoms with E-state index in [1.165, 1.54) is 13.8 Å². The van der Waals surface area contributed by atoms with Gasteiger partial charge in [0.25, 0.3) is 0 Å². The van der Waals surface area contributed by atoms with Crippen molar-refractivity contribution in [2.45, 2.75) is 75.8 Å². The number of hydrogen-bond donors (Lipinski definition) is 7. The topological polar surface area (TPSA) is 194 Å². The minimum atomic E-state index is -1.82. The molecule has 1 aliphatic carbocycles. The lowest BCUT2D eigenvalue weighted by molar-refractivity contribution is -0.303. The third kappa shape index (κ3) is 4.09. The van der Waals surface area contributed by atoms with Gasteiger partial charge in [-0.2, -0.15) is 0 Å². The molecule has 2 aliphatic rings. The minimum Gasteiger partial charge on any atom is -0.507 e. The van der Waals surface area contributed by atoms with Gasteiger partial charge in [-0.05, 0) is 38.8 Å². The van der Waals surface area contributed by atoms with E-state index in [0.717, 1.165) is 12.1 Å². The van der Waals surface area contributed by atoms with E-state index in [4.69, 9.17) is 9.47 Å². The molecule has 0 spiro atoms. The monoisotopic (exact) mass is 492 g/mol. The molecule has 1 aliphatic heterocycles. The van der Waals surface area contributed by atoms with Crippen molar-refractivity contribution in [3.63, 3.8) is 0 Å². The highest BCUT2D eigenvalue weighted by molar-refractivity contribution is 6.11. The maximum absolute atomic E-state index is 12.2. The molecule has 1 saturated heterocycles. The molecule has 2 fully saturated rings. The number of phenols is 2. The Morgan fingerprint density at radius 3 is 2.23 bits per heavy atom. The molecule has 35 heavy (non-hydrogen) atoms. The maximum atomic E-state index is 12.2. The van der Waals surface area contributed by atoms with Gasteiger partial charge in [-0.25, -0.2) is 4.79 Å². The van der Waals surface area contributed by atoms with E-state index in [-0.39, 0.29) is 46.1 Å². The molecule has 0 amide bonds. The number of carboxylic acid groups (broad SMARTS) is 1. The average molecular weight is 492 g/mol. The van der Waals surface area contributed by atoms with Crippen LogP contribution in [0.25, 0.3) is 10.8 Å². The predicted molar refractivity (Wildman–Crippen MR) is 120 cm³/mol. The smallest absolute Gasteiger partial charge is 0.335 e. The number of aromatic hydroxyl groups is 2. The molecule has 190 valence electrons. The number of ether oxygens (including phenoxy) is 2. The van der Waals surface area contributed by atoms with Crippen LogP contribution in [-0.2, 0) is 4.74 Å². The van der Waals surface area contributed by atoms with Gasteiger partial charge < -0.3 is 45.2 Å². The summed E-state index contributed by atoms with van der Waals surface area (Å²) in [5.74, 6) is -3.34. The van der Waals surface area contributed by atoms with Crippen LogP contribution < -0.4 is 4.74 Å². The van der Waals surface area contributed by atoms with Crippen molar-refractivity contribution in [1.29, 1.82) is 0 Å². The fourth-order valence-corrected chi connectivity index (χ4v) is 5.10. The van der Waals surface area contributed by atoms with Crippen LogP contribution in [0.5, 0.6) is 17.2 Å². The van der Waals surface area contributed by atoms with Crippen molar-refractivity contribution in [2.75, 3.05) is 0 Å². The number of carbonyl (C=O) groups excluding carboxylic acids is 1. The summed E-state index contributed by atoms with van der Waals surface area (Å²) in [7, 11) is 0. The normalized spacial score (nSPS) is 28.2. The van der Waals surface area contributed by atoms with Crippen LogP contribution in [0.4, 0.5) is 0 Å². The Morgan fingerprint density at radius 2 is 1.66 bits per heavy atom. The molecule has 0 aromatic heterocycles. The quantitative estimate of drug-likeness (QED) is 0.232. The van der Waals surface area contributed by atoms with Gasteiger partial charge in [0.05, 0.1) is 22.1 Å². The molecule has 0 radical (unpaired) electrons. The summed E-state index contributed by atoms with van der Waals surface area (Å²) >= 11 is 0. The third-order valence-electron chi connectivity index (χ3n) is 6.97. The van der Waals surface area contributed by atoms with Crippen molar-refractivity contribution >= 4 is 22.5 Å². The first-order valence-corrected chi connectivity index (χ1v) is 11.2. The predicted octanol–water partition coefficient (Wildman–Crippen LogP) is 0.952. The van der Waals surface area contributed by atoms with Gasteiger partial charge in [-0.1, -0.05) is 12.8 Å². The van der Waals surface area contributed by atoms with Crippen LogP contribution in [0.3, 0.4) is 0 Å². The molecule has 5 atom stereocenters. The molecular weight excluding hydrogens is 464 g/mol. The Balaban J connectivity index is 1.85. The number of aromatic carboxylic acids is 1. The number of fused-ring (bicyclic) bond motifs is 1. The lowest BCUT2D eigenvalue weighted by atomic mass is 9.85. The van der Waals surface area contributed by atoms with E-state index in [9.17, 15) is 45.3 Å². The molecule has 2 aromatic rings. The van der Waals surface area contributed by atoms with E-state index >= 15 is 0 Å². The van der Waals surface area contributed by atoms with E-state index < -0.39 is 59.6 Å². The zero-order valence-corrected chi connectivity index (χ0v) is 19.1. The van der Waals surface area contributed by atoms with E-state index in [2.05, 4.69) is 0 Å². The maximum Gasteiger partial charge on any atom is 0.335 e. The summed E-state index contributed by atoms with van der Waals surface area (Å²) in [6.07, 6.45) is -6.32. The molecule has 0 bridgehead atoms. The van der Waals surface area contributed by atoms with Crippen LogP contribution >= 0.6 is 0 Å². The second-order valence-corrected chi connectivity index (χ2v) is 9.28. The number of aliphatic hydroxyl groups excluding tert-OH is 3. The molecular formula is C24H28O11. The van der Waals surface area contributed by atoms with Gasteiger partial charge in [0.1, 0.15) is 41.7 Å². The van der Waals surface area contributed by atoms with Gasteiger partial charge in [-0.3, -0.25) is 4.79 Å². The van der Waals surface area contributed by atoms with Crippen molar-refractivity contribution in [1.82, 2.24) is 0 Å². The highest BCUT2D eigenvalue weighted by Gasteiger charge is 2.54. The number of carbonyl (C=O) groups is 2. The molecule has 1 saturated carbocycles. The number of aliphatic hydroxyl groups is 4. The average Bonchev–Trinajstić information content (AvgIpc) is 3.24. The Kier molecular flexibility index (Phi) is 6.41. The van der Waals surface area contributed by atoms with Gasteiger partial charge in [0.2, 0.25) is 6.29 Å². The standard InChI is InChI=1S/C24H28O11/c1-9-14(10(2)25)17(27)15-12(16(9)26)7-11(22(31)32)8-13(15)34-23-20(30)18(28)19(29)21(35-23)24(33)5-3-4-6-24/h7-8,18-21,23,26-30,33H,3-6H2,1-2H3,(H,31,32)/t18-,19-,20+,21-,23+/m0/s1. The van der Waals surface area contributed by atoms with E-state index in [0.29, 0.717) is 12.8 Å². The lowest BCUT2D eigenvalue weighted by Crippen LogP contribution is -2.65. The summed E-state index contributed by atoms with van der Waals surface area (Å²) in [6, 6.07) is 2.10.